The quantitative estimate of drug-likeness (QED) is 0.902. The minimum Gasteiger partial charge on any atom is -0.395 e. The normalized spacial score (nSPS) is 13.4. The Bertz CT molecular complexity index is 365. The van der Waals surface area contributed by atoms with Crippen molar-refractivity contribution in [2.45, 2.75) is 33.4 Å². The first-order valence-electron chi connectivity index (χ1n) is 6.01. The van der Waals surface area contributed by atoms with Gasteiger partial charge >= 0.3 is 0 Å². The summed E-state index contributed by atoms with van der Waals surface area (Å²) < 4.78 is 1.11. The van der Waals surface area contributed by atoms with E-state index >= 15 is 0 Å². The highest BCUT2D eigenvalue weighted by Crippen LogP contribution is 2.19. The Morgan fingerprint density at radius 2 is 2.00 bits per heavy atom. The SMILES string of the molecule is Cc1ccc(Br)cc1CN(C)C(CO)C(C)C. The number of aryl methyl sites for hydroxylation is 1. The first-order valence-corrected chi connectivity index (χ1v) is 6.81. The van der Waals surface area contributed by atoms with E-state index in [0.717, 1.165) is 11.0 Å². The zero-order chi connectivity index (χ0) is 13.0. The molecular weight excluding hydrogens is 278 g/mol. The van der Waals surface area contributed by atoms with Gasteiger partial charge in [-0.05, 0) is 43.1 Å². The van der Waals surface area contributed by atoms with Crippen LogP contribution in [-0.4, -0.2) is 29.7 Å². The summed E-state index contributed by atoms with van der Waals surface area (Å²) in [5.74, 6) is 0.456. The second-order valence-corrected chi connectivity index (χ2v) is 5.90. The molecule has 0 aliphatic carbocycles. The lowest BCUT2D eigenvalue weighted by molar-refractivity contribution is 0.107. The minimum absolute atomic E-state index is 0.210. The maximum atomic E-state index is 9.42. The third kappa shape index (κ3) is 4.09. The molecule has 0 aromatic heterocycles. The Labute approximate surface area is 113 Å². The molecule has 1 unspecified atom stereocenters. The number of nitrogens with zero attached hydrogens (tertiary/aromatic N) is 1. The van der Waals surface area contributed by atoms with E-state index in [1.807, 2.05) is 0 Å². The predicted octanol–water partition coefficient (Wildman–Crippen LogP) is 3.21. The van der Waals surface area contributed by atoms with Crippen molar-refractivity contribution in [1.29, 1.82) is 0 Å². The van der Waals surface area contributed by atoms with E-state index in [1.54, 1.807) is 0 Å². The van der Waals surface area contributed by atoms with Crippen molar-refractivity contribution in [3.05, 3.63) is 33.8 Å². The molecule has 0 aliphatic rings. The number of benzene rings is 1. The summed E-state index contributed by atoms with van der Waals surface area (Å²) in [4.78, 5) is 2.22. The molecule has 1 atom stereocenters. The van der Waals surface area contributed by atoms with Crippen LogP contribution >= 0.6 is 15.9 Å². The number of halogens is 1. The number of aliphatic hydroxyl groups is 1. The van der Waals surface area contributed by atoms with Gasteiger partial charge in [0.15, 0.2) is 0 Å². The Hall–Kier alpha value is -0.380. The summed E-state index contributed by atoms with van der Waals surface area (Å²) in [6, 6.07) is 6.55. The Balaban J connectivity index is 2.79. The number of likely N-dealkylation sites (N-methyl/N-ethyl adjacent to an activating group) is 1. The highest BCUT2D eigenvalue weighted by Gasteiger charge is 2.18. The van der Waals surface area contributed by atoms with Gasteiger partial charge in [0.2, 0.25) is 0 Å². The maximum Gasteiger partial charge on any atom is 0.0589 e. The molecule has 2 nitrogen and oxygen atoms in total. The molecule has 0 saturated carbocycles. The van der Waals surface area contributed by atoms with Crippen molar-refractivity contribution in [1.82, 2.24) is 4.90 Å². The molecular formula is C14H22BrNO. The van der Waals surface area contributed by atoms with E-state index in [-0.39, 0.29) is 12.6 Å². The first kappa shape index (κ1) is 14.7. The van der Waals surface area contributed by atoms with Crippen molar-refractivity contribution in [3.63, 3.8) is 0 Å². The topological polar surface area (TPSA) is 23.5 Å². The summed E-state index contributed by atoms with van der Waals surface area (Å²) in [6.45, 7) is 7.49. The third-order valence-corrected chi connectivity index (χ3v) is 3.75. The second kappa shape index (κ2) is 6.53. The molecule has 0 aliphatic heterocycles. The van der Waals surface area contributed by atoms with Crippen molar-refractivity contribution in [2.75, 3.05) is 13.7 Å². The molecule has 0 amide bonds. The van der Waals surface area contributed by atoms with Gasteiger partial charge in [-0.25, -0.2) is 0 Å². The average Bonchev–Trinajstić information content (AvgIpc) is 2.24. The average molecular weight is 300 g/mol. The lowest BCUT2D eigenvalue weighted by Crippen LogP contribution is -2.38. The van der Waals surface area contributed by atoms with Crippen LogP contribution < -0.4 is 0 Å². The summed E-state index contributed by atoms with van der Waals surface area (Å²) in [6.07, 6.45) is 0. The summed E-state index contributed by atoms with van der Waals surface area (Å²) in [5, 5.41) is 9.42. The van der Waals surface area contributed by atoms with Gasteiger partial charge in [0.25, 0.3) is 0 Å². The van der Waals surface area contributed by atoms with Gasteiger partial charge in [-0.2, -0.15) is 0 Å². The van der Waals surface area contributed by atoms with Crippen molar-refractivity contribution < 1.29 is 5.11 Å². The van der Waals surface area contributed by atoms with Gasteiger partial charge in [-0.15, -0.1) is 0 Å². The molecule has 1 aromatic rings. The third-order valence-electron chi connectivity index (χ3n) is 3.25. The van der Waals surface area contributed by atoms with Crippen LogP contribution in [0, 0.1) is 12.8 Å². The lowest BCUT2D eigenvalue weighted by atomic mass is 10.0. The largest absolute Gasteiger partial charge is 0.395 e. The van der Waals surface area contributed by atoms with E-state index in [4.69, 9.17) is 0 Å². The van der Waals surface area contributed by atoms with E-state index in [2.05, 4.69) is 66.8 Å². The number of hydrogen-bond acceptors (Lipinski definition) is 2. The molecule has 0 fully saturated rings. The highest BCUT2D eigenvalue weighted by atomic mass is 79.9. The van der Waals surface area contributed by atoms with Crippen molar-refractivity contribution in [3.8, 4) is 0 Å². The molecule has 96 valence electrons. The summed E-state index contributed by atoms with van der Waals surface area (Å²) >= 11 is 3.50. The van der Waals surface area contributed by atoms with E-state index in [0.29, 0.717) is 5.92 Å². The predicted molar refractivity (Wildman–Crippen MR) is 76.1 cm³/mol. The van der Waals surface area contributed by atoms with E-state index in [9.17, 15) is 5.11 Å². The molecule has 0 spiro atoms. The van der Waals surface area contributed by atoms with Crippen LogP contribution in [0.1, 0.15) is 25.0 Å². The van der Waals surface area contributed by atoms with Gasteiger partial charge in [0.1, 0.15) is 0 Å². The van der Waals surface area contributed by atoms with Crippen molar-refractivity contribution in [2.24, 2.45) is 5.92 Å². The van der Waals surface area contributed by atoms with E-state index in [1.165, 1.54) is 11.1 Å². The van der Waals surface area contributed by atoms with Gasteiger partial charge < -0.3 is 5.11 Å². The Kier molecular flexibility index (Phi) is 5.63. The standard InChI is InChI=1S/C14H22BrNO/c1-10(2)14(9-17)16(4)8-12-7-13(15)6-5-11(12)3/h5-7,10,14,17H,8-9H2,1-4H3. The zero-order valence-corrected chi connectivity index (χ0v) is 12.7. The van der Waals surface area contributed by atoms with Gasteiger partial charge in [-0.1, -0.05) is 35.8 Å². The second-order valence-electron chi connectivity index (χ2n) is 4.98. The number of hydrogen-bond donors (Lipinski definition) is 1. The fraction of sp³-hybridized carbons (Fsp3) is 0.571. The van der Waals surface area contributed by atoms with Crippen LogP contribution in [-0.2, 0) is 6.54 Å². The molecule has 17 heavy (non-hydrogen) atoms. The molecule has 1 rings (SSSR count). The smallest absolute Gasteiger partial charge is 0.0589 e. The zero-order valence-electron chi connectivity index (χ0n) is 11.1. The Morgan fingerprint density at radius 1 is 1.35 bits per heavy atom. The van der Waals surface area contributed by atoms with Gasteiger partial charge in [0, 0.05) is 17.1 Å². The van der Waals surface area contributed by atoms with Crippen LogP contribution in [0.4, 0.5) is 0 Å². The molecule has 1 N–H and O–H groups in total. The molecule has 0 saturated heterocycles. The van der Waals surface area contributed by atoms with Crippen LogP contribution in [0.5, 0.6) is 0 Å². The van der Waals surface area contributed by atoms with Crippen LogP contribution in [0.2, 0.25) is 0 Å². The summed E-state index contributed by atoms with van der Waals surface area (Å²) in [5.41, 5.74) is 2.60. The van der Waals surface area contributed by atoms with Crippen LogP contribution in [0.3, 0.4) is 0 Å². The number of aliphatic hydroxyl groups excluding tert-OH is 1. The fourth-order valence-electron chi connectivity index (χ4n) is 2.06. The van der Waals surface area contributed by atoms with Crippen molar-refractivity contribution >= 4 is 15.9 Å². The highest BCUT2D eigenvalue weighted by molar-refractivity contribution is 9.10. The van der Waals surface area contributed by atoms with Crippen LogP contribution in [0.15, 0.2) is 22.7 Å². The monoisotopic (exact) mass is 299 g/mol. The first-order chi connectivity index (χ1) is 7.95. The molecule has 0 bridgehead atoms. The molecule has 0 radical (unpaired) electrons. The molecule has 3 heteroatoms. The Morgan fingerprint density at radius 3 is 2.53 bits per heavy atom. The molecule has 0 heterocycles. The maximum absolute atomic E-state index is 9.42. The number of rotatable bonds is 5. The van der Waals surface area contributed by atoms with Crippen LogP contribution in [0.25, 0.3) is 0 Å². The minimum atomic E-state index is 0.210. The van der Waals surface area contributed by atoms with Gasteiger partial charge in [-0.3, -0.25) is 4.90 Å². The molecule has 1 aromatic carbocycles. The van der Waals surface area contributed by atoms with Gasteiger partial charge in [0.05, 0.1) is 6.61 Å². The fourth-order valence-corrected chi connectivity index (χ4v) is 2.46. The van der Waals surface area contributed by atoms with E-state index < -0.39 is 0 Å². The lowest BCUT2D eigenvalue weighted by Gasteiger charge is -2.30. The summed E-state index contributed by atoms with van der Waals surface area (Å²) in [7, 11) is 2.07.